The van der Waals surface area contributed by atoms with Crippen molar-refractivity contribution in [3.63, 3.8) is 0 Å². The zero-order valence-corrected chi connectivity index (χ0v) is 20.1. The number of morpholine rings is 1. The molecule has 0 saturated carbocycles. The summed E-state index contributed by atoms with van der Waals surface area (Å²) >= 11 is 1.31. The van der Waals surface area contributed by atoms with Crippen molar-refractivity contribution >= 4 is 44.2 Å². The first kappa shape index (κ1) is 23.9. The Balaban J connectivity index is 0.000000262. The SMILES string of the molecule is CCCCCCC(N)=O.Oc1cc2nc(-c3cccc4[nH]ncc34)nc(N3CCOCC3)c2s1. The fraction of sp³-hybridized carbons (Fsp3) is 0.417. The van der Waals surface area contributed by atoms with E-state index in [9.17, 15) is 9.90 Å². The van der Waals surface area contributed by atoms with E-state index in [0.29, 0.717) is 25.5 Å². The summed E-state index contributed by atoms with van der Waals surface area (Å²) < 4.78 is 6.36. The first-order chi connectivity index (χ1) is 16.6. The van der Waals surface area contributed by atoms with Crippen molar-refractivity contribution in [2.75, 3.05) is 31.2 Å². The molecule has 5 rings (SSSR count). The van der Waals surface area contributed by atoms with Crippen molar-refractivity contribution in [1.29, 1.82) is 0 Å². The van der Waals surface area contributed by atoms with E-state index in [1.807, 2.05) is 18.2 Å². The summed E-state index contributed by atoms with van der Waals surface area (Å²) in [6.07, 6.45) is 6.87. The number of amides is 1. The zero-order chi connectivity index (χ0) is 23.9. The topological polar surface area (TPSA) is 130 Å². The number of nitrogens with two attached hydrogens (primary N) is 1. The number of H-pyrrole nitrogens is 1. The maximum atomic E-state index is 10.2. The standard InChI is InChI=1S/C17H15N5O2S.C7H15NO/c23-14-8-13-15(25-14)17(22-4-6-24-7-5-22)20-16(19-13)10-2-1-3-12-11(10)9-18-21-12;1-2-3-4-5-6-7(8)9/h1-3,8-9,23H,4-7H2,(H,18,21);2-6H2,1H3,(H2,8,9). The lowest BCUT2D eigenvalue weighted by Crippen LogP contribution is -2.36. The van der Waals surface area contributed by atoms with E-state index in [-0.39, 0.29) is 11.0 Å². The molecule has 0 unspecified atom stereocenters. The number of hydrogen-bond donors (Lipinski definition) is 3. The number of rotatable bonds is 7. The molecule has 1 aromatic carbocycles. The van der Waals surface area contributed by atoms with Crippen LogP contribution in [-0.2, 0) is 9.53 Å². The molecule has 1 amide bonds. The number of ether oxygens (including phenoxy) is 1. The summed E-state index contributed by atoms with van der Waals surface area (Å²) in [5.41, 5.74) is 7.57. The summed E-state index contributed by atoms with van der Waals surface area (Å²) in [4.78, 5) is 21.9. The average Bonchev–Trinajstić information content (AvgIpc) is 3.47. The number of aromatic nitrogens is 4. The Morgan fingerprint density at radius 3 is 2.82 bits per heavy atom. The summed E-state index contributed by atoms with van der Waals surface area (Å²) in [6, 6.07) is 7.63. The van der Waals surface area contributed by atoms with Gasteiger partial charge in [-0.05, 0) is 12.5 Å². The van der Waals surface area contributed by atoms with Gasteiger partial charge in [0.15, 0.2) is 16.7 Å². The molecule has 0 spiro atoms. The molecule has 34 heavy (non-hydrogen) atoms. The van der Waals surface area contributed by atoms with Crippen LogP contribution < -0.4 is 10.6 Å². The molecule has 4 aromatic rings. The first-order valence-corrected chi connectivity index (χ1v) is 12.4. The number of nitrogens with zero attached hydrogens (tertiary/aromatic N) is 4. The molecular weight excluding hydrogens is 452 g/mol. The lowest BCUT2D eigenvalue weighted by atomic mass is 10.1. The largest absolute Gasteiger partial charge is 0.499 e. The molecular formula is C24H30N6O3S. The van der Waals surface area contributed by atoms with Crippen molar-refractivity contribution in [3.05, 3.63) is 30.5 Å². The predicted molar refractivity (Wildman–Crippen MR) is 135 cm³/mol. The molecule has 0 bridgehead atoms. The van der Waals surface area contributed by atoms with Crippen LogP contribution in [0.15, 0.2) is 30.5 Å². The zero-order valence-electron chi connectivity index (χ0n) is 19.3. The number of anilines is 1. The van der Waals surface area contributed by atoms with Crippen LogP contribution in [0.5, 0.6) is 5.06 Å². The van der Waals surface area contributed by atoms with Gasteiger partial charge < -0.3 is 20.5 Å². The fourth-order valence-corrected chi connectivity index (χ4v) is 4.76. The number of nitrogens with one attached hydrogen (secondary N) is 1. The Morgan fingerprint density at radius 1 is 1.24 bits per heavy atom. The number of hydrogen-bond acceptors (Lipinski definition) is 8. The fourth-order valence-electron chi connectivity index (χ4n) is 3.90. The highest BCUT2D eigenvalue weighted by atomic mass is 32.1. The van der Waals surface area contributed by atoms with E-state index in [1.54, 1.807) is 12.3 Å². The van der Waals surface area contributed by atoms with Crippen LogP contribution in [-0.4, -0.2) is 57.5 Å². The molecule has 1 saturated heterocycles. The van der Waals surface area contributed by atoms with Gasteiger partial charge >= 0.3 is 0 Å². The monoisotopic (exact) mass is 482 g/mol. The summed E-state index contributed by atoms with van der Waals surface area (Å²) in [5, 5.41) is 18.3. The molecule has 1 aliphatic heterocycles. The van der Waals surface area contributed by atoms with Crippen molar-refractivity contribution in [1.82, 2.24) is 20.2 Å². The molecule has 4 N–H and O–H groups in total. The van der Waals surface area contributed by atoms with Crippen LogP contribution in [0.4, 0.5) is 5.82 Å². The minimum Gasteiger partial charge on any atom is -0.499 e. The number of carbonyl (C=O) groups excluding carboxylic acids is 1. The highest BCUT2D eigenvalue weighted by Crippen LogP contribution is 2.38. The number of carbonyl (C=O) groups is 1. The van der Waals surface area contributed by atoms with Crippen LogP contribution in [0.2, 0.25) is 0 Å². The first-order valence-electron chi connectivity index (χ1n) is 11.6. The Kier molecular flexibility index (Phi) is 7.91. The van der Waals surface area contributed by atoms with Gasteiger partial charge in [0.05, 0.1) is 35.1 Å². The lowest BCUT2D eigenvalue weighted by molar-refractivity contribution is -0.118. The third-order valence-electron chi connectivity index (χ3n) is 5.65. The van der Waals surface area contributed by atoms with Crippen LogP contribution in [0.3, 0.4) is 0 Å². The minimum absolute atomic E-state index is 0.175. The Labute approximate surface area is 202 Å². The smallest absolute Gasteiger partial charge is 0.217 e. The van der Waals surface area contributed by atoms with Gasteiger partial charge in [-0.2, -0.15) is 5.10 Å². The van der Waals surface area contributed by atoms with E-state index in [4.69, 9.17) is 20.4 Å². The molecule has 0 radical (unpaired) electrons. The molecule has 1 aliphatic rings. The Morgan fingerprint density at radius 2 is 2.06 bits per heavy atom. The summed E-state index contributed by atoms with van der Waals surface area (Å²) in [7, 11) is 0. The van der Waals surface area contributed by atoms with Crippen molar-refractivity contribution in [3.8, 4) is 16.5 Å². The van der Waals surface area contributed by atoms with Gasteiger partial charge in [0.25, 0.3) is 0 Å². The number of unbranched alkanes of at least 4 members (excludes halogenated alkanes) is 3. The number of aromatic hydroxyl groups is 1. The molecule has 180 valence electrons. The number of aromatic amines is 1. The van der Waals surface area contributed by atoms with Crippen molar-refractivity contribution in [2.24, 2.45) is 5.73 Å². The van der Waals surface area contributed by atoms with E-state index < -0.39 is 0 Å². The van der Waals surface area contributed by atoms with Gasteiger partial charge in [0.2, 0.25) is 5.91 Å². The van der Waals surface area contributed by atoms with Crippen LogP contribution >= 0.6 is 11.3 Å². The van der Waals surface area contributed by atoms with Crippen LogP contribution in [0.1, 0.15) is 39.0 Å². The van der Waals surface area contributed by atoms with Gasteiger partial charge in [-0.25, -0.2) is 9.97 Å². The minimum atomic E-state index is -0.175. The van der Waals surface area contributed by atoms with E-state index in [1.165, 1.54) is 24.2 Å². The second-order valence-corrected chi connectivity index (χ2v) is 9.21. The molecule has 3 aromatic heterocycles. The van der Waals surface area contributed by atoms with Crippen LogP contribution in [0.25, 0.3) is 32.5 Å². The summed E-state index contributed by atoms with van der Waals surface area (Å²) in [6.45, 7) is 5.05. The van der Waals surface area contributed by atoms with Gasteiger partial charge in [0.1, 0.15) is 0 Å². The van der Waals surface area contributed by atoms with Gasteiger partial charge in [-0.1, -0.05) is 49.7 Å². The Hall–Kier alpha value is -3.24. The molecule has 4 heterocycles. The normalized spacial score (nSPS) is 13.7. The number of thiophene rings is 1. The van der Waals surface area contributed by atoms with Crippen molar-refractivity contribution in [2.45, 2.75) is 39.0 Å². The predicted octanol–water partition coefficient (Wildman–Crippen LogP) is 4.22. The maximum Gasteiger partial charge on any atom is 0.217 e. The maximum absolute atomic E-state index is 10.2. The van der Waals surface area contributed by atoms with E-state index in [0.717, 1.165) is 58.4 Å². The number of primary amides is 1. The van der Waals surface area contributed by atoms with E-state index in [2.05, 4.69) is 22.0 Å². The quantitative estimate of drug-likeness (QED) is 0.336. The highest BCUT2D eigenvalue weighted by molar-refractivity contribution is 7.21. The third kappa shape index (κ3) is 5.63. The number of fused-ring (bicyclic) bond motifs is 2. The third-order valence-corrected chi connectivity index (χ3v) is 6.58. The number of benzene rings is 1. The average molecular weight is 483 g/mol. The van der Waals surface area contributed by atoms with Gasteiger partial charge in [-0.15, -0.1) is 0 Å². The highest BCUT2D eigenvalue weighted by Gasteiger charge is 2.20. The summed E-state index contributed by atoms with van der Waals surface area (Å²) in [5.74, 6) is 1.32. The van der Waals surface area contributed by atoms with Gasteiger partial charge in [-0.3, -0.25) is 9.89 Å². The molecule has 0 aliphatic carbocycles. The van der Waals surface area contributed by atoms with Crippen LogP contribution in [0, 0.1) is 0 Å². The second kappa shape index (κ2) is 11.3. The molecule has 1 fully saturated rings. The van der Waals surface area contributed by atoms with Gasteiger partial charge in [0, 0.05) is 36.5 Å². The van der Waals surface area contributed by atoms with Crippen molar-refractivity contribution < 1.29 is 14.6 Å². The molecule has 0 atom stereocenters. The Bertz CT molecular complexity index is 1250. The molecule has 10 heteroatoms. The van der Waals surface area contributed by atoms with E-state index >= 15 is 0 Å². The molecule has 9 nitrogen and oxygen atoms in total. The second-order valence-electron chi connectivity index (χ2n) is 8.18. The lowest BCUT2D eigenvalue weighted by Gasteiger charge is -2.28.